The van der Waals surface area contributed by atoms with Crippen LogP contribution in [0.3, 0.4) is 0 Å². The smallest absolute Gasteiger partial charge is 0.0894 e. The van der Waals surface area contributed by atoms with Gasteiger partial charge in [-0.1, -0.05) is 91.0 Å². The minimum atomic E-state index is 0.893. The number of nitrogens with zero attached hydrogens (tertiary/aromatic N) is 4. The van der Waals surface area contributed by atoms with E-state index in [1.54, 1.807) is 6.20 Å². The summed E-state index contributed by atoms with van der Waals surface area (Å²) in [6.07, 6.45) is 1.80. The van der Waals surface area contributed by atoms with E-state index in [-0.39, 0.29) is 0 Å². The van der Waals surface area contributed by atoms with Crippen LogP contribution in [0.15, 0.2) is 146 Å². The minimum absolute atomic E-state index is 0.893. The third-order valence-corrected chi connectivity index (χ3v) is 8.42. The summed E-state index contributed by atoms with van der Waals surface area (Å²) < 4.78 is 2.41. The summed E-state index contributed by atoms with van der Waals surface area (Å²) in [5.41, 5.74) is 10.4. The lowest BCUT2D eigenvalue weighted by Crippen LogP contribution is -1.96. The molecule has 0 aliphatic carbocycles. The van der Waals surface area contributed by atoms with E-state index in [0.29, 0.717) is 0 Å². The first kappa shape index (κ1) is 23.8. The van der Waals surface area contributed by atoms with Crippen molar-refractivity contribution in [3.8, 4) is 28.2 Å². The Morgan fingerprint density at radius 1 is 0.442 bits per heavy atom. The highest BCUT2D eigenvalue weighted by atomic mass is 15.0. The van der Waals surface area contributed by atoms with Crippen molar-refractivity contribution in [2.24, 2.45) is 0 Å². The molecule has 0 saturated carbocycles. The summed E-state index contributed by atoms with van der Waals surface area (Å²) in [4.78, 5) is 14.5. The second kappa shape index (κ2) is 9.33. The predicted octanol–water partition coefficient (Wildman–Crippen LogP) is 9.76. The molecule has 0 amide bonds. The third kappa shape index (κ3) is 3.67. The molecular formula is C39H24N4. The monoisotopic (exact) mass is 548 g/mol. The molecule has 5 aromatic carbocycles. The van der Waals surface area contributed by atoms with Crippen molar-refractivity contribution >= 4 is 54.5 Å². The molecule has 0 atom stereocenters. The number of hydrogen-bond donors (Lipinski definition) is 0. The Bertz CT molecular complexity index is 2490. The number of rotatable bonds is 3. The van der Waals surface area contributed by atoms with Crippen molar-refractivity contribution in [2.75, 3.05) is 0 Å². The largest absolute Gasteiger partial charge is 0.309 e. The molecule has 43 heavy (non-hydrogen) atoms. The average molecular weight is 549 g/mol. The van der Waals surface area contributed by atoms with Gasteiger partial charge in [0.25, 0.3) is 0 Å². The number of para-hydroxylation sites is 3. The molecule has 4 heterocycles. The molecular weight excluding hydrogens is 524 g/mol. The normalized spacial score (nSPS) is 11.7. The molecule has 0 radical (unpaired) electrons. The van der Waals surface area contributed by atoms with E-state index in [4.69, 9.17) is 9.97 Å². The van der Waals surface area contributed by atoms with E-state index < -0.39 is 0 Å². The Morgan fingerprint density at radius 2 is 1.16 bits per heavy atom. The lowest BCUT2D eigenvalue weighted by Gasteiger charge is -2.14. The minimum Gasteiger partial charge on any atom is -0.309 e. The van der Waals surface area contributed by atoms with Crippen molar-refractivity contribution in [3.05, 3.63) is 146 Å². The van der Waals surface area contributed by atoms with Crippen molar-refractivity contribution in [1.29, 1.82) is 0 Å². The molecule has 0 aliphatic heterocycles. The van der Waals surface area contributed by atoms with Crippen LogP contribution in [0.5, 0.6) is 0 Å². The standard InChI is InChI=1S/C39H24N4/c1-2-9-27(10-3-1)43-36-15-7-5-11-28(36)29-20-21-31-37(39(29)43)30-12-4-6-13-33(30)42-38(31)26-18-16-25(17-19-26)32-22-23-34-35(41-32)14-8-24-40-34/h1-24H. The highest BCUT2D eigenvalue weighted by molar-refractivity contribution is 6.26. The maximum atomic E-state index is 5.25. The average Bonchev–Trinajstić information content (AvgIpc) is 3.43. The molecule has 4 nitrogen and oxygen atoms in total. The van der Waals surface area contributed by atoms with Crippen LogP contribution in [0.25, 0.3) is 82.7 Å². The highest BCUT2D eigenvalue weighted by Gasteiger charge is 2.19. The Labute approximate surface area is 247 Å². The molecule has 0 N–H and O–H groups in total. The first-order chi connectivity index (χ1) is 21.3. The molecule has 0 saturated heterocycles. The van der Waals surface area contributed by atoms with Crippen LogP contribution in [0.4, 0.5) is 0 Å². The molecule has 0 aliphatic rings. The van der Waals surface area contributed by atoms with Gasteiger partial charge in [0.1, 0.15) is 0 Å². The molecule has 0 bridgehead atoms. The number of benzene rings is 5. The summed E-state index contributed by atoms with van der Waals surface area (Å²) in [7, 11) is 0. The molecule has 0 spiro atoms. The van der Waals surface area contributed by atoms with Crippen molar-refractivity contribution in [1.82, 2.24) is 19.5 Å². The number of fused-ring (bicyclic) bond motifs is 8. The van der Waals surface area contributed by atoms with Gasteiger partial charge < -0.3 is 4.57 Å². The van der Waals surface area contributed by atoms with E-state index >= 15 is 0 Å². The zero-order valence-corrected chi connectivity index (χ0v) is 23.1. The molecule has 4 heteroatoms. The summed E-state index contributed by atoms with van der Waals surface area (Å²) in [5.74, 6) is 0. The molecule has 0 unspecified atom stereocenters. The van der Waals surface area contributed by atoms with Gasteiger partial charge in [-0.2, -0.15) is 0 Å². The van der Waals surface area contributed by atoms with E-state index in [2.05, 4.69) is 125 Å². The van der Waals surface area contributed by atoms with Gasteiger partial charge in [-0.3, -0.25) is 4.98 Å². The zero-order chi connectivity index (χ0) is 28.3. The summed E-state index contributed by atoms with van der Waals surface area (Å²) >= 11 is 0. The van der Waals surface area contributed by atoms with E-state index in [1.807, 2.05) is 24.3 Å². The summed E-state index contributed by atoms with van der Waals surface area (Å²) in [6, 6.07) is 49.0. The lowest BCUT2D eigenvalue weighted by molar-refractivity contribution is 1.19. The fourth-order valence-corrected chi connectivity index (χ4v) is 6.47. The van der Waals surface area contributed by atoms with Crippen LogP contribution in [0.2, 0.25) is 0 Å². The van der Waals surface area contributed by atoms with Crippen molar-refractivity contribution in [2.45, 2.75) is 0 Å². The quantitative estimate of drug-likeness (QED) is 0.206. The molecule has 9 aromatic rings. The first-order valence-electron chi connectivity index (χ1n) is 14.5. The van der Waals surface area contributed by atoms with Crippen LogP contribution >= 0.6 is 0 Å². The van der Waals surface area contributed by atoms with Gasteiger partial charge in [0.15, 0.2) is 0 Å². The second-order valence-corrected chi connectivity index (χ2v) is 10.9. The van der Waals surface area contributed by atoms with Crippen LogP contribution in [-0.4, -0.2) is 19.5 Å². The Morgan fingerprint density at radius 3 is 2.05 bits per heavy atom. The van der Waals surface area contributed by atoms with E-state index in [1.165, 1.54) is 27.2 Å². The van der Waals surface area contributed by atoms with Crippen LogP contribution in [0, 0.1) is 0 Å². The SMILES string of the molecule is c1ccc(-n2c3ccccc3c3ccc4c(-c5ccc(-c6ccc7ncccc7n6)cc5)nc5ccccc5c4c32)cc1. The number of hydrogen-bond acceptors (Lipinski definition) is 3. The maximum absolute atomic E-state index is 5.25. The highest BCUT2D eigenvalue weighted by Crippen LogP contribution is 2.42. The second-order valence-electron chi connectivity index (χ2n) is 10.9. The van der Waals surface area contributed by atoms with Crippen LogP contribution < -0.4 is 0 Å². The van der Waals surface area contributed by atoms with Crippen molar-refractivity contribution < 1.29 is 0 Å². The van der Waals surface area contributed by atoms with Gasteiger partial charge in [-0.25, -0.2) is 9.97 Å². The Balaban J connectivity index is 1.32. The van der Waals surface area contributed by atoms with Crippen molar-refractivity contribution in [3.63, 3.8) is 0 Å². The topological polar surface area (TPSA) is 43.6 Å². The van der Waals surface area contributed by atoms with Gasteiger partial charge in [0, 0.05) is 49.9 Å². The fraction of sp³-hybridized carbons (Fsp3) is 0. The van der Waals surface area contributed by atoms with E-state index in [9.17, 15) is 0 Å². The number of pyridine rings is 3. The van der Waals surface area contributed by atoms with Gasteiger partial charge in [-0.15, -0.1) is 0 Å². The van der Waals surface area contributed by atoms with Gasteiger partial charge in [0.2, 0.25) is 0 Å². The lowest BCUT2D eigenvalue weighted by atomic mass is 9.96. The Kier molecular flexibility index (Phi) is 5.16. The molecule has 9 rings (SSSR count). The van der Waals surface area contributed by atoms with Crippen LogP contribution in [-0.2, 0) is 0 Å². The van der Waals surface area contributed by atoms with Gasteiger partial charge in [-0.05, 0) is 48.5 Å². The maximum Gasteiger partial charge on any atom is 0.0894 e. The van der Waals surface area contributed by atoms with Gasteiger partial charge in [0.05, 0.1) is 39.0 Å². The van der Waals surface area contributed by atoms with Gasteiger partial charge >= 0.3 is 0 Å². The molecule has 200 valence electrons. The third-order valence-electron chi connectivity index (χ3n) is 8.42. The fourth-order valence-electron chi connectivity index (χ4n) is 6.47. The zero-order valence-electron chi connectivity index (χ0n) is 23.1. The summed E-state index contributed by atoms with van der Waals surface area (Å²) in [5, 5.41) is 5.98. The van der Waals surface area contributed by atoms with E-state index in [0.717, 1.165) is 55.5 Å². The Hall–Kier alpha value is -5.87. The number of aromatic nitrogens is 4. The first-order valence-corrected chi connectivity index (χ1v) is 14.5. The van der Waals surface area contributed by atoms with Crippen LogP contribution in [0.1, 0.15) is 0 Å². The molecule has 4 aromatic heterocycles. The molecule has 0 fully saturated rings. The summed E-state index contributed by atoms with van der Waals surface area (Å²) in [6.45, 7) is 0. The predicted molar refractivity (Wildman–Crippen MR) is 178 cm³/mol.